The van der Waals surface area contributed by atoms with Crippen molar-refractivity contribution in [2.24, 2.45) is 0 Å². The lowest BCUT2D eigenvalue weighted by atomic mass is 9.69. The first-order chi connectivity index (χ1) is 13.8. The van der Waals surface area contributed by atoms with Gasteiger partial charge >= 0.3 is 0 Å². The Bertz CT molecular complexity index is 928. The van der Waals surface area contributed by atoms with Gasteiger partial charge in [0.1, 0.15) is 11.9 Å². The van der Waals surface area contributed by atoms with E-state index in [2.05, 4.69) is 90.8 Å². The van der Waals surface area contributed by atoms with Crippen LogP contribution >= 0.6 is 0 Å². The van der Waals surface area contributed by atoms with Crippen molar-refractivity contribution in [1.82, 2.24) is 4.90 Å². The Hall–Kier alpha value is -2.58. The van der Waals surface area contributed by atoms with Crippen LogP contribution in [0.25, 0.3) is 0 Å². The molecule has 2 heteroatoms. The standard InChI is InChI=1S/C26H27NO/c1-27-17-23(18-27)28-22-14-11-21(12-15-22)26-24-10-6-5-9-20(24)13-16-25(26)19-7-3-2-4-8-19/h2-12,14-15,23,25-26H,13,16-18H2,1H3. The van der Waals surface area contributed by atoms with Crippen molar-refractivity contribution in [1.29, 1.82) is 0 Å². The maximum Gasteiger partial charge on any atom is 0.124 e. The van der Waals surface area contributed by atoms with Gasteiger partial charge in [0, 0.05) is 19.0 Å². The predicted molar refractivity (Wildman–Crippen MR) is 114 cm³/mol. The molecule has 0 amide bonds. The summed E-state index contributed by atoms with van der Waals surface area (Å²) in [5.74, 6) is 1.90. The maximum absolute atomic E-state index is 6.10. The fraction of sp³-hybridized carbons (Fsp3) is 0.308. The van der Waals surface area contributed by atoms with Crippen molar-refractivity contribution < 1.29 is 4.74 Å². The average molecular weight is 370 g/mol. The molecule has 2 atom stereocenters. The van der Waals surface area contributed by atoms with E-state index in [1.54, 1.807) is 0 Å². The van der Waals surface area contributed by atoms with Crippen molar-refractivity contribution in [3.8, 4) is 5.75 Å². The SMILES string of the molecule is CN1CC(Oc2ccc(C3c4ccccc4CCC3c3ccccc3)cc2)C1. The zero-order valence-corrected chi connectivity index (χ0v) is 16.4. The van der Waals surface area contributed by atoms with Gasteiger partial charge in [0.15, 0.2) is 0 Å². The number of fused-ring (bicyclic) bond motifs is 1. The number of likely N-dealkylation sites (N-methyl/N-ethyl adjacent to an activating group) is 1. The summed E-state index contributed by atoms with van der Waals surface area (Å²) in [5.41, 5.74) is 5.81. The van der Waals surface area contributed by atoms with Gasteiger partial charge in [0.2, 0.25) is 0 Å². The third-order valence-corrected chi connectivity index (χ3v) is 6.32. The largest absolute Gasteiger partial charge is 0.488 e. The number of hydrogen-bond acceptors (Lipinski definition) is 2. The van der Waals surface area contributed by atoms with E-state index in [-0.39, 0.29) is 0 Å². The summed E-state index contributed by atoms with van der Waals surface area (Å²) < 4.78 is 6.10. The summed E-state index contributed by atoms with van der Waals surface area (Å²) in [5, 5.41) is 0. The van der Waals surface area contributed by atoms with E-state index in [1.807, 2.05) is 0 Å². The minimum atomic E-state index is 0.336. The molecule has 5 rings (SSSR count). The van der Waals surface area contributed by atoms with Crippen molar-refractivity contribution in [2.45, 2.75) is 30.8 Å². The highest BCUT2D eigenvalue weighted by atomic mass is 16.5. The van der Waals surface area contributed by atoms with E-state index in [4.69, 9.17) is 4.74 Å². The normalized spacial score (nSPS) is 22.3. The molecule has 0 spiro atoms. The molecule has 0 bridgehead atoms. The summed E-state index contributed by atoms with van der Waals surface area (Å²) in [6.45, 7) is 2.04. The second kappa shape index (κ2) is 7.44. The highest BCUT2D eigenvalue weighted by Crippen LogP contribution is 2.46. The molecule has 2 nitrogen and oxygen atoms in total. The van der Waals surface area contributed by atoms with Gasteiger partial charge in [0.25, 0.3) is 0 Å². The fourth-order valence-electron chi connectivity index (χ4n) is 4.89. The molecule has 1 heterocycles. The smallest absolute Gasteiger partial charge is 0.124 e. The average Bonchev–Trinajstić information content (AvgIpc) is 2.73. The number of aryl methyl sites for hydroxylation is 1. The van der Waals surface area contributed by atoms with Crippen molar-refractivity contribution in [3.63, 3.8) is 0 Å². The van der Waals surface area contributed by atoms with Gasteiger partial charge < -0.3 is 4.74 Å². The van der Waals surface area contributed by atoms with Gasteiger partial charge in [-0.3, -0.25) is 4.90 Å². The van der Waals surface area contributed by atoms with E-state index in [9.17, 15) is 0 Å². The third-order valence-electron chi connectivity index (χ3n) is 6.32. The van der Waals surface area contributed by atoms with Crippen LogP contribution in [-0.2, 0) is 6.42 Å². The Kier molecular flexibility index (Phi) is 4.66. The van der Waals surface area contributed by atoms with Crippen LogP contribution in [-0.4, -0.2) is 31.1 Å². The van der Waals surface area contributed by atoms with Gasteiger partial charge in [-0.2, -0.15) is 0 Å². The van der Waals surface area contributed by atoms with Gasteiger partial charge in [-0.15, -0.1) is 0 Å². The molecule has 2 aliphatic rings. The molecule has 28 heavy (non-hydrogen) atoms. The van der Waals surface area contributed by atoms with Crippen LogP contribution in [0.15, 0.2) is 78.9 Å². The second-order valence-electron chi connectivity index (χ2n) is 8.26. The van der Waals surface area contributed by atoms with Crippen LogP contribution in [0.5, 0.6) is 5.75 Å². The van der Waals surface area contributed by atoms with Crippen molar-refractivity contribution in [3.05, 3.63) is 101 Å². The molecule has 142 valence electrons. The Morgan fingerprint density at radius 1 is 0.786 bits per heavy atom. The highest BCUT2D eigenvalue weighted by molar-refractivity contribution is 5.46. The molecular weight excluding hydrogens is 342 g/mol. The summed E-state index contributed by atoms with van der Waals surface area (Å²) in [6.07, 6.45) is 2.68. The molecule has 3 aromatic carbocycles. The summed E-state index contributed by atoms with van der Waals surface area (Å²) >= 11 is 0. The van der Waals surface area contributed by atoms with Gasteiger partial charge in [-0.05, 0) is 60.2 Å². The zero-order chi connectivity index (χ0) is 18.9. The summed E-state index contributed by atoms with van der Waals surface area (Å²) in [7, 11) is 2.13. The Morgan fingerprint density at radius 3 is 2.25 bits per heavy atom. The lowest BCUT2D eigenvalue weighted by Gasteiger charge is -2.36. The minimum absolute atomic E-state index is 0.336. The van der Waals surface area contributed by atoms with E-state index in [0.717, 1.165) is 25.3 Å². The van der Waals surface area contributed by atoms with Gasteiger partial charge in [0.05, 0.1) is 0 Å². The van der Waals surface area contributed by atoms with Crippen molar-refractivity contribution in [2.75, 3.05) is 20.1 Å². The number of hydrogen-bond donors (Lipinski definition) is 0. The number of nitrogens with zero attached hydrogens (tertiary/aromatic N) is 1. The highest BCUT2D eigenvalue weighted by Gasteiger charge is 2.32. The van der Waals surface area contributed by atoms with Crippen LogP contribution in [0.1, 0.15) is 40.5 Å². The van der Waals surface area contributed by atoms with Gasteiger partial charge in [-0.25, -0.2) is 0 Å². The predicted octanol–water partition coefficient (Wildman–Crippen LogP) is 5.24. The fourth-order valence-corrected chi connectivity index (χ4v) is 4.89. The van der Waals surface area contributed by atoms with E-state index in [1.165, 1.54) is 28.7 Å². The third kappa shape index (κ3) is 3.33. The lowest BCUT2D eigenvalue weighted by molar-refractivity contribution is 0.0388. The topological polar surface area (TPSA) is 12.5 Å². The molecule has 0 saturated carbocycles. The summed E-state index contributed by atoms with van der Waals surface area (Å²) in [6, 6.07) is 28.9. The number of benzene rings is 3. The lowest BCUT2D eigenvalue weighted by Crippen LogP contribution is -2.51. The Balaban J connectivity index is 1.47. The molecule has 3 aromatic rings. The first-order valence-electron chi connectivity index (χ1n) is 10.4. The van der Waals surface area contributed by atoms with Gasteiger partial charge in [-0.1, -0.05) is 66.7 Å². The van der Waals surface area contributed by atoms with Crippen molar-refractivity contribution >= 4 is 0 Å². The molecule has 1 saturated heterocycles. The summed E-state index contributed by atoms with van der Waals surface area (Å²) in [4.78, 5) is 2.28. The monoisotopic (exact) mass is 369 g/mol. The van der Waals surface area contributed by atoms with E-state index < -0.39 is 0 Å². The molecular formula is C26H27NO. The Labute approximate surface area is 167 Å². The second-order valence-corrected chi connectivity index (χ2v) is 8.26. The van der Waals surface area contributed by atoms with Crippen LogP contribution < -0.4 is 4.74 Å². The maximum atomic E-state index is 6.10. The molecule has 2 unspecified atom stereocenters. The van der Waals surface area contributed by atoms with E-state index >= 15 is 0 Å². The number of ether oxygens (including phenoxy) is 1. The zero-order valence-electron chi connectivity index (χ0n) is 16.4. The Morgan fingerprint density at radius 2 is 1.50 bits per heavy atom. The van der Waals surface area contributed by atoms with Crippen LogP contribution in [0.2, 0.25) is 0 Å². The molecule has 1 aliphatic heterocycles. The quantitative estimate of drug-likeness (QED) is 0.623. The van der Waals surface area contributed by atoms with Crippen LogP contribution in [0.4, 0.5) is 0 Å². The molecule has 0 radical (unpaired) electrons. The molecule has 0 N–H and O–H groups in total. The number of likely N-dealkylation sites (tertiary alicyclic amines) is 1. The van der Waals surface area contributed by atoms with Crippen LogP contribution in [0, 0.1) is 0 Å². The molecule has 1 fully saturated rings. The minimum Gasteiger partial charge on any atom is -0.488 e. The van der Waals surface area contributed by atoms with Crippen LogP contribution in [0.3, 0.4) is 0 Å². The number of rotatable bonds is 4. The van der Waals surface area contributed by atoms with E-state index in [0.29, 0.717) is 17.9 Å². The first-order valence-corrected chi connectivity index (χ1v) is 10.4. The molecule has 0 aromatic heterocycles. The molecule has 1 aliphatic carbocycles. The first kappa shape index (κ1) is 17.5.